The predicted octanol–water partition coefficient (Wildman–Crippen LogP) is 2.84. The van der Waals surface area contributed by atoms with Crippen molar-refractivity contribution in [2.24, 2.45) is 23.7 Å². The fourth-order valence-electron chi connectivity index (χ4n) is 4.65. The van der Waals surface area contributed by atoms with Gasteiger partial charge in [-0.3, -0.25) is 0 Å². The third-order valence-corrected chi connectivity index (χ3v) is 6.53. The zero-order valence-electron chi connectivity index (χ0n) is 11.6. The van der Waals surface area contributed by atoms with Crippen LogP contribution in [-0.2, 0) is 6.42 Å². The van der Waals surface area contributed by atoms with E-state index in [1.807, 2.05) is 11.3 Å². The molecule has 4 heteroatoms. The van der Waals surface area contributed by atoms with Crippen molar-refractivity contribution in [2.45, 2.75) is 44.9 Å². The molecular formula is C15H23N3S. The van der Waals surface area contributed by atoms with Gasteiger partial charge in [0.2, 0.25) is 0 Å². The zero-order valence-corrected chi connectivity index (χ0v) is 12.5. The summed E-state index contributed by atoms with van der Waals surface area (Å²) < 4.78 is 0. The highest BCUT2D eigenvalue weighted by Gasteiger charge is 2.66. The van der Waals surface area contributed by atoms with Gasteiger partial charge in [-0.25, -0.2) is 0 Å². The molecule has 3 aliphatic rings. The number of nitrogens with zero attached hydrogens (tertiary/aromatic N) is 2. The lowest BCUT2D eigenvalue weighted by Gasteiger charge is -2.04. The second-order valence-corrected chi connectivity index (χ2v) is 7.64. The molecular weight excluding hydrogens is 254 g/mol. The average molecular weight is 277 g/mol. The molecule has 0 radical (unpaired) electrons. The molecule has 19 heavy (non-hydrogen) atoms. The Hall–Kier alpha value is -0.480. The van der Waals surface area contributed by atoms with Gasteiger partial charge < -0.3 is 5.32 Å². The Balaban J connectivity index is 1.35. The Morgan fingerprint density at radius 1 is 1.16 bits per heavy atom. The van der Waals surface area contributed by atoms with Crippen LogP contribution in [-0.4, -0.2) is 23.3 Å². The summed E-state index contributed by atoms with van der Waals surface area (Å²) in [6.07, 6.45) is 6.77. The van der Waals surface area contributed by atoms with Crippen LogP contribution in [0.4, 0.5) is 0 Å². The van der Waals surface area contributed by atoms with Crippen molar-refractivity contribution in [2.75, 3.05) is 13.1 Å². The minimum absolute atomic E-state index is 0.807. The van der Waals surface area contributed by atoms with Gasteiger partial charge in [-0.1, -0.05) is 6.92 Å². The highest BCUT2D eigenvalue weighted by Crippen LogP contribution is 2.73. The number of fused-ring (bicyclic) bond motifs is 5. The summed E-state index contributed by atoms with van der Waals surface area (Å²) in [6.45, 7) is 4.36. The second kappa shape index (κ2) is 4.81. The summed E-state index contributed by atoms with van der Waals surface area (Å²) in [6, 6.07) is 0. The van der Waals surface area contributed by atoms with Crippen LogP contribution in [0.5, 0.6) is 0 Å². The smallest absolute Gasteiger partial charge is 0.121 e. The van der Waals surface area contributed by atoms with Gasteiger partial charge in [0.25, 0.3) is 0 Å². The van der Waals surface area contributed by atoms with Crippen LogP contribution < -0.4 is 5.32 Å². The molecule has 3 fully saturated rings. The number of nitrogens with one attached hydrogen (secondary N) is 1. The van der Waals surface area contributed by atoms with E-state index in [4.69, 9.17) is 0 Å². The van der Waals surface area contributed by atoms with E-state index in [9.17, 15) is 0 Å². The molecule has 1 heterocycles. The first-order chi connectivity index (χ1) is 9.38. The quantitative estimate of drug-likeness (QED) is 0.813. The van der Waals surface area contributed by atoms with Gasteiger partial charge >= 0.3 is 0 Å². The topological polar surface area (TPSA) is 37.8 Å². The zero-order chi connectivity index (χ0) is 12.8. The summed E-state index contributed by atoms with van der Waals surface area (Å²) in [5.41, 5.74) is 0. The third kappa shape index (κ3) is 2.04. The number of hydrogen-bond donors (Lipinski definition) is 1. The van der Waals surface area contributed by atoms with E-state index in [0.717, 1.165) is 49.1 Å². The van der Waals surface area contributed by atoms with E-state index in [-0.39, 0.29) is 0 Å². The fourth-order valence-corrected chi connectivity index (χ4v) is 5.71. The fraction of sp³-hybridized carbons (Fsp3) is 0.867. The Kier molecular flexibility index (Phi) is 3.11. The lowest BCUT2D eigenvalue weighted by molar-refractivity contribution is 0.456. The van der Waals surface area contributed by atoms with Crippen LogP contribution in [0.3, 0.4) is 0 Å². The molecule has 104 valence electrons. The summed E-state index contributed by atoms with van der Waals surface area (Å²) in [4.78, 5) is 0. The summed E-state index contributed by atoms with van der Waals surface area (Å²) >= 11 is 1.89. The molecule has 0 spiro atoms. The van der Waals surface area contributed by atoms with E-state index in [0.29, 0.717) is 0 Å². The lowest BCUT2D eigenvalue weighted by Crippen LogP contribution is -2.17. The second-order valence-electron chi connectivity index (χ2n) is 6.55. The molecule has 1 aromatic heterocycles. The molecule has 4 atom stereocenters. The van der Waals surface area contributed by atoms with Gasteiger partial charge in [-0.2, -0.15) is 0 Å². The Labute approximate surface area is 119 Å². The minimum Gasteiger partial charge on any atom is -0.316 e. The van der Waals surface area contributed by atoms with Crippen molar-refractivity contribution in [1.82, 2.24) is 15.5 Å². The van der Waals surface area contributed by atoms with Crippen LogP contribution in [0.2, 0.25) is 0 Å². The average Bonchev–Trinajstić information content (AvgIpc) is 2.83. The molecule has 3 nitrogen and oxygen atoms in total. The van der Waals surface area contributed by atoms with Crippen molar-refractivity contribution in [3.8, 4) is 0 Å². The highest BCUT2D eigenvalue weighted by atomic mass is 32.1. The minimum atomic E-state index is 0.807. The number of rotatable bonds is 6. The molecule has 0 aliphatic heterocycles. The first-order valence-electron chi connectivity index (χ1n) is 7.91. The molecule has 1 aromatic rings. The van der Waals surface area contributed by atoms with Crippen molar-refractivity contribution < 1.29 is 0 Å². The van der Waals surface area contributed by atoms with Crippen molar-refractivity contribution in [1.29, 1.82) is 0 Å². The van der Waals surface area contributed by atoms with Crippen LogP contribution in [0.1, 0.15) is 48.5 Å². The van der Waals surface area contributed by atoms with Crippen LogP contribution in [0, 0.1) is 23.7 Å². The van der Waals surface area contributed by atoms with Gasteiger partial charge in [-0.05, 0) is 55.9 Å². The van der Waals surface area contributed by atoms with Gasteiger partial charge in [0.15, 0.2) is 0 Å². The SMILES string of the molecule is CCCNCCc1nnc(C2C3C4CCC(C4)C23)s1. The molecule has 3 aliphatic carbocycles. The molecule has 0 amide bonds. The number of hydrogen-bond acceptors (Lipinski definition) is 4. The maximum absolute atomic E-state index is 4.50. The molecule has 4 rings (SSSR count). The normalized spacial score (nSPS) is 38.7. The molecule has 1 N–H and O–H groups in total. The van der Waals surface area contributed by atoms with Gasteiger partial charge in [0.05, 0.1) is 0 Å². The first-order valence-corrected chi connectivity index (χ1v) is 8.73. The standard InChI is InChI=1S/C15H23N3S/c1-2-6-16-7-5-11-17-18-15(19-11)14-12-9-3-4-10(8-9)13(12)14/h9-10,12-14,16H,2-8H2,1H3. The van der Waals surface area contributed by atoms with E-state index >= 15 is 0 Å². The largest absolute Gasteiger partial charge is 0.316 e. The molecule has 0 saturated heterocycles. The summed E-state index contributed by atoms with van der Waals surface area (Å²) in [5.74, 6) is 4.88. The molecule has 4 unspecified atom stereocenters. The lowest BCUT2D eigenvalue weighted by atomic mass is 10.0. The third-order valence-electron chi connectivity index (χ3n) is 5.45. The van der Waals surface area contributed by atoms with Gasteiger partial charge in [0, 0.05) is 18.9 Å². The monoisotopic (exact) mass is 277 g/mol. The Morgan fingerprint density at radius 2 is 1.95 bits per heavy atom. The van der Waals surface area contributed by atoms with E-state index < -0.39 is 0 Å². The molecule has 2 bridgehead atoms. The maximum Gasteiger partial charge on any atom is 0.121 e. The van der Waals surface area contributed by atoms with Crippen LogP contribution in [0.25, 0.3) is 0 Å². The van der Waals surface area contributed by atoms with Crippen LogP contribution >= 0.6 is 11.3 Å². The van der Waals surface area contributed by atoms with Gasteiger partial charge in [0.1, 0.15) is 10.0 Å². The van der Waals surface area contributed by atoms with Crippen molar-refractivity contribution >= 4 is 11.3 Å². The van der Waals surface area contributed by atoms with Gasteiger partial charge in [-0.15, -0.1) is 21.5 Å². The molecule has 3 saturated carbocycles. The Morgan fingerprint density at radius 3 is 2.68 bits per heavy atom. The van der Waals surface area contributed by atoms with Crippen molar-refractivity contribution in [3.63, 3.8) is 0 Å². The predicted molar refractivity (Wildman–Crippen MR) is 77.3 cm³/mol. The van der Waals surface area contributed by atoms with E-state index in [2.05, 4.69) is 22.4 Å². The van der Waals surface area contributed by atoms with E-state index in [1.165, 1.54) is 35.7 Å². The summed E-state index contributed by atoms with van der Waals surface area (Å²) in [5, 5.41) is 14.9. The highest BCUT2D eigenvalue weighted by molar-refractivity contribution is 7.11. The van der Waals surface area contributed by atoms with Crippen LogP contribution in [0.15, 0.2) is 0 Å². The van der Waals surface area contributed by atoms with Crippen molar-refractivity contribution in [3.05, 3.63) is 10.0 Å². The Bertz CT molecular complexity index is 442. The van der Waals surface area contributed by atoms with E-state index in [1.54, 1.807) is 0 Å². The maximum atomic E-state index is 4.50. The number of aromatic nitrogens is 2. The molecule has 0 aromatic carbocycles. The summed E-state index contributed by atoms with van der Waals surface area (Å²) in [7, 11) is 0. The first kappa shape index (κ1) is 12.3.